The molecule has 0 unspecified atom stereocenters. The van der Waals surface area contributed by atoms with Crippen LogP contribution in [0.1, 0.15) is 13.8 Å². The summed E-state index contributed by atoms with van der Waals surface area (Å²) < 4.78 is 10.4. The van der Waals surface area contributed by atoms with Gasteiger partial charge in [-0.15, -0.1) is 0 Å². The highest BCUT2D eigenvalue weighted by Gasteiger charge is 2.07. The molecule has 100 valence electrons. The summed E-state index contributed by atoms with van der Waals surface area (Å²) >= 11 is 0. The number of carbonyl (C=O) groups excluding carboxylic acids is 1. The van der Waals surface area contributed by atoms with Crippen molar-refractivity contribution in [3.63, 3.8) is 0 Å². The van der Waals surface area contributed by atoms with E-state index in [-0.39, 0.29) is 0 Å². The zero-order chi connectivity index (χ0) is 13.2. The van der Waals surface area contributed by atoms with Crippen molar-refractivity contribution < 1.29 is 14.3 Å². The van der Waals surface area contributed by atoms with E-state index < -0.39 is 6.09 Å². The lowest BCUT2D eigenvalue weighted by molar-refractivity contribution is 0.162. The lowest BCUT2D eigenvalue weighted by Gasteiger charge is -2.11. The highest BCUT2D eigenvalue weighted by Crippen LogP contribution is 2.23. The van der Waals surface area contributed by atoms with Crippen LogP contribution in [-0.4, -0.2) is 32.4 Å². The third-order valence-corrected chi connectivity index (χ3v) is 2.19. The predicted octanol–water partition coefficient (Wildman–Crippen LogP) is 2.24. The van der Waals surface area contributed by atoms with Gasteiger partial charge in [0.2, 0.25) is 0 Å². The molecule has 2 N–H and O–H groups in total. The van der Waals surface area contributed by atoms with Crippen LogP contribution in [0.2, 0.25) is 0 Å². The molecule has 5 heteroatoms. The van der Waals surface area contributed by atoms with Gasteiger partial charge in [0.05, 0.1) is 12.3 Å². The smallest absolute Gasteiger partial charge is 0.411 e. The summed E-state index contributed by atoms with van der Waals surface area (Å²) in [5.74, 6) is 0.642. The van der Waals surface area contributed by atoms with E-state index in [4.69, 9.17) is 9.47 Å². The summed E-state index contributed by atoms with van der Waals surface area (Å²) in [6.07, 6.45) is -0.472. The van der Waals surface area contributed by atoms with Crippen molar-refractivity contribution in [1.82, 2.24) is 5.32 Å². The molecular weight excluding hydrogens is 232 g/mol. The van der Waals surface area contributed by atoms with Crippen LogP contribution < -0.4 is 15.4 Å². The van der Waals surface area contributed by atoms with Crippen LogP contribution in [0.4, 0.5) is 10.5 Å². The van der Waals surface area contributed by atoms with Gasteiger partial charge < -0.3 is 14.8 Å². The third-order valence-electron chi connectivity index (χ3n) is 2.19. The number of ether oxygens (including phenoxy) is 2. The molecule has 1 rings (SSSR count). The summed E-state index contributed by atoms with van der Waals surface area (Å²) in [6.45, 7) is 6.30. The number of benzene rings is 1. The molecule has 0 aromatic heterocycles. The first kappa shape index (κ1) is 14.3. The monoisotopic (exact) mass is 252 g/mol. The molecule has 1 aromatic rings. The van der Waals surface area contributed by atoms with E-state index in [2.05, 4.69) is 10.6 Å². The molecule has 0 aliphatic rings. The Labute approximate surface area is 107 Å². The number of likely N-dealkylation sites (N-methyl/N-ethyl adjacent to an activating group) is 1. The maximum absolute atomic E-state index is 11.5. The molecule has 0 radical (unpaired) electrons. The fourth-order valence-electron chi connectivity index (χ4n) is 1.39. The highest BCUT2D eigenvalue weighted by atomic mass is 16.5. The maximum atomic E-state index is 11.5. The van der Waals surface area contributed by atoms with Crippen LogP contribution in [0.3, 0.4) is 0 Å². The minimum absolute atomic E-state index is 0.344. The lowest BCUT2D eigenvalue weighted by atomic mass is 10.3. The summed E-state index contributed by atoms with van der Waals surface area (Å²) in [4.78, 5) is 11.5. The summed E-state index contributed by atoms with van der Waals surface area (Å²) in [7, 11) is 0. The second-order valence-electron chi connectivity index (χ2n) is 3.54. The number of anilines is 1. The van der Waals surface area contributed by atoms with Gasteiger partial charge in [-0.25, -0.2) is 4.79 Å². The molecule has 5 nitrogen and oxygen atoms in total. The Balaban J connectivity index is 2.43. The molecule has 0 aliphatic heterocycles. The summed E-state index contributed by atoms with van der Waals surface area (Å²) in [6, 6.07) is 7.26. The molecule has 0 bridgehead atoms. The second kappa shape index (κ2) is 8.36. The average Bonchev–Trinajstić information content (AvgIpc) is 2.37. The van der Waals surface area contributed by atoms with Crippen molar-refractivity contribution in [2.45, 2.75) is 13.8 Å². The van der Waals surface area contributed by atoms with E-state index >= 15 is 0 Å². The molecule has 0 saturated heterocycles. The fourth-order valence-corrected chi connectivity index (χ4v) is 1.39. The fraction of sp³-hybridized carbons (Fsp3) is 0.462. The first-order chi connectivity index (χ1) is 8.77. The first-order valence-corrected chi connectivity index (χ1v) is 6.14. The summed E-state index contributed by atoms with van der Waals surface area (Å²) in [5.41, 5.74) is 0.618. The van der Waals surface area contributed by atoms with E-state index in [1.54, 1.807) is 12.1 Å². The normalized spacial score (nSPS) is 9.89. The van der Waals surface area contributed by atoms with Gasteiger partial charge in [-0.3, -0.25) is 5.32 Å². The van der Waals surface area contributed by atoms with Crippen LogP contribution >= 0.6 is 0 Å². The molecule has 0 atom stereocenters. The molecule has 18 heavy (non-hydrogen) atoms. The Bertz CT molecular complexity index is 369. The standard InChI is InChI=1S/C13H20N2O3/c1-3-14-9-10-18-13(16)15-11-7-5-6-8-12(11)17-4-2/h5-8,14H,3-4,9-10H2,1-2H3,(H,15,16). The molecular formula is C13H20N2O3. The predicted molar refractivity (Wildman–Crippen MR) is 71.1 cm³/mol. The molecule has 0 saturated carbocycles. The molecule has 1 aromatic carbocycles. The first-order valence-electron chi connectivity index (χ1n) is 6.14. The van der Waals surface area contributed by atoms with Crippen LogP contribution in [0, 0.1) is 0 Å². The van der Waals surface area contributed by atoms with Gasteiger partial charge in [-0.2, -0.15) is 0 Å². The van der Waals surface area contributed by atoms with E-state index in [0.29, 0.717) is 31.2 Å². The van der Waals surface area contributed by atoms with Crippen molar-refractivity contribution >= 4 is 11.8 Å². The number of amides is 1. The van der Waals surface area contributed by atoms with E-state index in [1.807, 2.05) is 26.0 Å². The quantitative estimate of drug-likeness (QED) is 0.731. The Morgan fingerprint density at radius 3 is 2.78 bits per heavy atom. The number of nitrogens with one attached hydrogen (secondary N) is 2. The van der Waals surface area contributed by atoms with Gasteiger partial charge in [-0.1, -0.05) is 19.1 Å². The van der Waals surface area contributed by atoms with Crippen LogP contribution in [0.25, 0.3) is 0 Å². The Morgan fingerprint density at radius 2 is 2.06 bits per heavy atom. The van der Waals surface area contributed by atoms with Crippen molar-refractivity contribution in [3.8, 4) is 5.75 Å². The van der Waals surface area contributed by atoms with Gasteiger partial charge >= 0.3 is 6.09 Å². The van der Waals surface area contributed by atoms with Crippen LogP contribution in [-0.2, 0) is 4.74 Å². The number of carbonyl (C=O) groups is 1. The topological polar surface area (TPSA) is 59.6 Å². The van der Waals surface area contributed by atoms with E-state index in [0.717, 1.165) is 6.54 Å². The molecule has 0 aliphatic carbocycles. The number of hydrogen-bond acceptors (Lipinski definition) is 4. The van der Waals surface area contributed by atoms with Gasteiger partial charge in [0.25, 0.3) is 0 Å². The van der Waals surface area contributed by atoms with E-state index in [1.165, 1.54) is 0 Å². The Morgan fingerprint density at radius 1 is 1.28 bits per heavy atom. The van der Waals surface area contributed by atoms with E-state index in [9.17, 15) is 4.79 Å². The van der Waals surface area contributed by atoms with Crippen molar-refractivity contribution in [2.75, 3.05) is 31.6 Å². The molecule has 1 amide bonds. The van der Waals surface area contributed by atoms with Crippen molar-refractivity contribution in [2.24, 2.45) is 0 Å². The largest absolute Gasteiger partial charge is 0.492 e. The van der Waals surface area contributed by atoms with Crippen molar-refractivity contribution in [3.05, 3.63) is 24.3 Å². The third kappa shape index (κ3) is 5.05. The summed E-state index contributed by atoms with van der Waals surface area (Å²) in [5, 5.41) is 5.73. The van der Waals surface area contributed by atoms with Gasteiger partial charge in [-0.05, 0) is 25.6 Å². The Kier molecular flexibility index (Phi) is 6.64. The zero-order valence-electron chi connectivity index (χ0n) is 10.9. The number of para-hydroxylation sites is 2. The molecule has 0 spiro atoms. The van der Waals surface area contributed by atoms with Gasteiger partial charge in [0, 0.05) is 6.54 Å². The zero-order valence-corrected chi connectivity index (χ0v) is 10.9. The lowest BCUT2D eigenvalue weighted by Crippen LogP contribution is -2.23. The Hall–Kier alpha value is -1.75. The number of hydrogen-bond donors (Lipinski definition) is 2. The second-order valence-corrected chi connectivity index (χ2v) is 3.54. The van der Waals surface area contributed by atoms with Crippen LogP contribution in [0.5, 0.6) is 5.75 Å². The molecule has 0 heterocycles. The van der Waals surface area contributed by atoms with Gasteiger partial charge in [0.1, 0.15) is 12.4 Å². The average molecular weight is 252 g/mol. The molecule has 0 fully saturated rings. The SMILES string of the molecule is CCNCCOC(=O)Nc1ccccc1OCC. The van der Waals surface area contributed by atoms with Gasteiger partial charge in [0.15, 0.2) is 0 Å². The number of rotatable bonds is 7. The van der Waals surface area contributed by atoms with Crippen molar-refractivity contribution in [1.29, 1.82) is 0 Å². The minimum atomic E-state index is -0.472. The maximum Gasteiger partial charge on any atom is 0.411 e. The minimum Gasteiger partial charge on any atom is -0.492 e. The van der Waals surface area contributed by atoms with Crippen LogP contribution in [0.15, 0.2) is 24.3 Å². The highest BCUT2D eigenvalue weighted by molar-refractivity contribution is 5.86.